The van der Waals surface area contributed by atoms with E-state index in [1.54, 1.807) is 18.3 Å². The number of rotatable bonds is 11. The predicted molar refractivity (Wildman–Crippen MR) is 105 cm³/mol. The monoisotopic (exact) mass is 384 g/mol. The first kappa shape index (κ1) is 19.8. The van der Waals surface area contributed by atoms with Crippen molar-refractivity contribution in [3.63, 3.8) is 0 Å². The van der Waals surface area contributed by atoms with Gasteiger partial charge in [-0.2, -0.15) is 0 Å². The lowest BCUT2D eigenvalue weighted by atomic mass is 10.2. The fraction of sp³-hybridized carbons (Fsp3) is 0.474. The van der Waals surface area contributed by atoms with Crippen LogP contribution in [0, 0.1) is 5.92 Å². The Kier molecular flexibility index (Phi) is 6.96. The van der Waals surface area contributed by atoms with Gasteiger partial charge in [0.25, 0.3) is 0 Å². The lowest BCUT2D eigenvalue weighted by Crippen LogP contribution is -2.34. The number of nitrogens with one attached hydrogen (secondary N) is 1. The third-order valence-corrected chi connectivity index (χ3v) is 4.49. The van der Waals surface area contributed by atoms with E-state index in [0.29, 0.717) is 12.2 Å². The van der Waals surface area contributed by atoms with Crippen LogP contribution in [-0.4, -0.2) is 37.4 Å². The topological polar surface area (TPSA) is 128 Å². The molecule has 1 amide bonds. The predicted octanol–water partition coefficient (Wildman–Crippen LogP) is 0.698. The third-order valence-electron chi connectivity index (χ3n) is 4.49. The van der Waals surface area contributed by atoms with Gasteiger partial charge in [-0.25, -0.2) is 5.84 Å². The molecule has 150 valence electrons. The van der Waals surface area contributed by atoms with Crippen molar-refractivity contribution in [1.29, 1.82) is 0 Å². The molecule has 5 N–H and O–H groups in total. The molecular formula is C19H28N8O. The zero-order valence-corrected chi connectivity index (χ0v) is 16.0. The second-order valence-corrected chi connectivity index (χ2v) is 7.20. The Morgan fingerprint density at radius 3 is 2.93 bits per heavy atom. The molecule has 2 aromatic heterocycles. The summed E-state index contributed by atoms with van der Waals surface area (Å²) in [6.07, 6.45) is 10.9. The maximum atomic E-state index is 11.9. The summed E-state index contributed by atoms with van der Waals surface area (Å²) in [4.78, 5) is 16.1. The van der Waals surface area contributed by atoms with Crippen LogP contribution < -0.4 is 16.9 Å². The van der Waals surface area contributed by atoms with Crippen molar-refractivity contribution in [3.05, 3.63) is 54.0 Å². The van der Waals surface area contributed by atoms with E-state index >= 15 is 0 Å². The fourth-order valence-electron chi connectivity index (χ4n) is 2.88. The number of unbranched alkanes of at least 4 members (excludes halogenated alkanes) is 1. The van der Waals surface area contributed by atoms with Crippen molar-refractivity contribution in [3.8, 4) is 0 Å². The Hall–Kier alpha value is -2.94. The normalized spacial score (nSPS) is 14.1. The summed E-state index contributed by atoms with van der Waals surface area (Å²) in [7, 11) is 0. The van der Waals surface area contributed by atoms with Crippen molar-refractivity contribution in [1.82, 2.24) is 30.3 Å². The molecule has 0 bridgehead atoms. The summed E-state index contributed by atoms with van der Waals surface area (Å²) in [6, 6.07) is 5.43. The lowest BCUT2D eigenvalue weighted by Gasteiger charge is -2.15. The van der Waals surface area contributed by atoms with Crippen LogP contribution >= 0.6 is 0 Å². The third kappa shape index (κ3) is 6.99. The van der Waals surface area contributed by atoms with Gasteiger partial charge < -0.3 is 16.1 Å². The van der Waals surface area contributed by atoms with E-state index in [1.807, 2.05) is 16.9 Å². The Morgan fingerprint density at radius 1 is 1.32 bits per heavy atom. The maximum Gasteiger partial charge on any atom is 0.231 e. The minimum atomic E-state index is -0.228. The molecular weight excluding hydrogens is 356 g/mol. The highest BCUT2D eigenvalue weighted by molar-refractivity contribution is 5.79. The summed E-state index contributed by atoms with van der Waals surface area (Å²) < 4.78 is 1.89. The van der Waals surface area contributed by atoms with E-state index in [0.717, 1.165) is 37.4 Å². The molecule has 0 atom stereocenters. The van der Waals surface area contributed by atoms with E-state index in [4.69, 9.17) is 11.6 Å². The summed E-state index contributed by atoms with van der Waals surface area (Å²) >= 11 is 0. The van der Waals surface area contributed by atoms with Gasteiger partial charge in [0.1, 0.15) is 5.82 Å². The molecule has 2 aromatic rings. The number of hydrogen-bond donors (Lipinski definition) is 3. The number of pyridine rings is 1. The molecule has 9 heteroatoms. The molecule has 0 radical (unpaired) electrons. The second-order valence-electron chi connectivity index (χ2n) is 7.20. The molecule has 2 heterocycles. The molecule has 0 aromatic carbocycles. The fourth-order valence-corrected chi connectivity index (χ4v) is 2.88. The highest BCUT2D eigenvalue weighted by Crippen LogP contribution is 2.31. The van der Waals surface area contributed by atoms with Crippen LogP contribution in [0.5, 0.6) is 0 Å². The average molecular weight is 384 g/mol. The van der Waals surface area contributed by atoms with Crippen molar-refractivity contribution in [2.45, 2.75) is 45.1 Å². The first-order valence-corrected chi connectivity index (χ1v) is 9.66. The summed E-state index contributed by atoms with van der Waals surface area (Å²) in [5.41, 5.74) is 7.61. The summed E-state index contributed by atoms with van der Waals surface area (Å²) in [6.45, 7) is 1.44. The molecule has 0 saturated heterocycles. The minimum absolute atomic E-state index is 0.167. The first-order chi connectivity index (χ1) is 13.6. The van der Waals surface area contributed by atoms with Crippen LogP contribution in [0.1, 0.15) is 37.1 Å². The SMILES string of the molecule is N/C(=C\N(N)CCCCn1cc(CC2CC2)nn1)NC(=O)Cc1ccccn1. The van der Waals surface area contributed by atoms with E-state index in [1.165, 1.54) is 24.1 Å². The van der Waals surface area contributed by atoms with E-state index in [-0.39, 0.29) is 18.1 Å². The van der Waals surface area contributed by atoms with Crippen LogP contribution in [-0.2, 0) is 24.2 Å². The van der Waals surface area contributed by atoms with Crippen molar-refractivity contribution >= 4 is 5.91 Å². The largest absolute Gasteiger partial charge is 0.384 e. The molecule has 0 aliphatic heterocycles. The van der Waals surface area contributed by atoms with Gasteiger partial charge in [-0.15, -0.1) is 5.10 Å². The standard InChI is InChI=1S/C19H28N8O/c20-18(23-19(28)12-16-5-1-2-8-22-16)14-26(21)9-3-4-10-27-13-17(24-25-27)11-15-6-7-15/h1-2,5,8,13-15H,3-4,6-7,9-12,20-21H2,(H,23,28)/b18-14+. The van der Waals surface area contributed by atoms with E-state index < -0.39 is 0 Å². The van der Waals surface area contributed by atoms with Gasteiger partial charge in [-0.05, 0) is 50.2 Å². The number of aromatic nitrogens is 4. The lowest BCUT2D eigenvalue weighted by molar-refractivity contribution is -0.119. The Morgan fingerprint density at radius 2 is 2.18 bits per heavy atom. The molecule has 1 fully saturated rings. The number of carbonyl (C=O) groups is 1. The Bertz CT molecular complexity index is 784. The smallest absolute Gasteiger partial charge is 0.231 e. The van der Waals surface area contributed by atoms with Crippen LogP contribution in [0.3, 0.4) is 0 Å². The van der Waals surface area contributed by atoms with Crippen molar-refractivity contribution in [2.24, 2.45) is 17.5 Å². The quantitative estimate of drug-likeness (QED) is 0.295. The highest BCUT2D eigenvalue weighted by atomic mass is 16.1. The molecule has 1 aliphatic rings. The zero-order chi connectivity index (χ0) is 19.8. The number of nitrogens with zero attached hydrogens (tertiary/aromatic N) is 5. The minimum Gasteiger partial charge on any atom is -0.384 e. The average Bonchev–Trinajstić information content (AvgIpc) is 3.36. The molecule has 0 spiro atoms. The summed E-state index contributed by atoms with van der Waals surface area (Å²) in [5.74, 6) is 6.73. The van der Waals surface area contributed by atoms with Gasteiger partial charge in [0.2, 0.25) is 5.91 Å². The Balaban J connectivity index is 1.31. The van der Waals surface area contributed by atoms with Crippen molar-refractivity contribution in [2.75, 3.05) is 6.54 Å². The molecule has 0 unspecified atom stereocenters. The maximum absolute atomic E-state index is 11.9. The number of nitrogens with two attached hydrogens (primary N) is 2. The number of aryl methyl sites for hydroxylation is 1. The van der Waals surface area contributed by atoms with Gasteiger partial charge >= 0.3 is 0 Å². The number of hydrogen-bond acceptors (Lipinski definition) is 7. The van der Waals surface area contributed by atoms with Gasteiger partial charge in [-0.3, -0.25) is 14.5 Å². The van der Waals surface area contributed by atoms with E-state index in [2.05, 4.69) is 20.6 Å². The molecule has 28 heavy (non-hydrogen) atoms. The van der Waals surface area contributed by atoms with Gasteiger partial charge in [0.05, 0.1) is 18.3 Å². The molecule has 9 nitrogen and oxygen atoms in total. The number of hydrazine groups is 1. The second kappa shape index (κ2) is 9.84. The molecule has 3 rings (SSSR count). The van der Waals surface area contributed by atoms with Crippen LogP contribution in [0.4, 0.5) is 0 Å². The van der Waals surface area contributed by atoms with Crippen LogP contribution in [0.25, 0.3) is 0 Å². The molecule has 1 aliphatic carbocycles. The van der Waals surface area contributed by atoms with Crippen LogP contribution in [0.2, 0.25) is 0 Å². The number of amides is 1. The number of carbonyl (C=O) groups excluding carboxylic acids is 1. The highest BCUT2D eigenvalue weighted by Gasteiger charge is 2.22. The van der Waals surface area contributed by atoms with Gasteiger partial charge in [-0.1, -0.05) is 11.3 Å². The first-order valence-electron chi connectivity index (χ1n) is 9.66. The molecule has 1 saturated carbocycles. The van der Waals surface area contributed by atoms with Crippen molar-refractivity contribution < 1.29 is 4.79 Å². The Labute approximate surface area is 164 Å². The van der Waals surface area contributed by atoms with Crippen LogP contribution in [0.15, 0.2) is 42.6 Å². The zero-order valence-electron chi connectivity index (χ0n) is 16.0. The summed E-state index contributed by atoms with van der Waals surface area (Å²) in [5, 5.41) is 12.5. The van der Waals surface area contributed by atoms with Gasteiger partial charge in [0, 0.05) is 31.2 Å². The van der Waals surface area contributed by atoms with E-state index in [9.17, 15) is 4.79 Å². The van der Waals surface area contributed by atoms with Gasteiger partial charge in [0.15, 0.2) is 0 Å².